The summed E-state index contributed by atoms with van der Waals surface area (Å²) < 4.78 is 18.4. The summed E-state index contributed by atoms with van der Waals surface area (Å²) in [6, 6.07) is 2.83. The molecule has 0 spiro atoms. The van der Waals surface area contributed by atoms with E-state index in [1.165, 1.54) is 18.3 Å². The number of nitrogens with zero attached hydrogens (tertiary/aromatic N) is 3. The number of aliphatic imine (C=N–C) groups is 1. The zero-order chi connectivity index (χ0) is 13.5. The molecule has 0 aliphatic carbocycles. The molecule has 19 heavy (non-hydrogen) atoms. The fourth-order valence-electron chi connectivity index (χ4n) is 1.67. The third kappa shape index (κ3) is 4.27. The molecule has 7 heteroatoms. The van der Waals surface area contributed by atoms with Crippen LogP contribution < -0.4 is 10.5 Å². The van der Waals surface area contributed by atoms with Crippen molar-refractivity contribution in [2.45, 2.75) is 0 Å². The molecule has 1 aliphatic heterocycles. The number of ether oxygens (including phenoxy) is 1. The molecule has 0 aromatic carbocycles. The molecular weight excluding hydrogens is 267 g/mol. The van der Waals surface area contributed by atoms with Gasteiger partial charge in [-0.05, 0) is 12.1 Å². The SMILES string of the molecule is NC(=NCCOc1ncccc1F)N1CCSCC1. The van der Waals surface area contributed by atoms with Crippen LogP contribution >= 0.6 is 11.8 Å². The predicted octanol–water partition coefficient (Wildman–Crippen LogP) is 0.963. The number of thioether (sulfide) groups is 1. The number of nitrogens with two attached hydrogens (primary N) is 1. The molecule has 0 unspecified atom stereocenters. The lowest BCUT2D eigenvalue weighted by Gasteiger charge is -2.27. The van der Waals surface area contributed by atoms with Crippen molar-refractivity contribution >= 4 is 17.7 Å². The highest BCUT2D eigenvalue weighted by molar-refractivity contribution is 7.99. The highest BCUT2D eigenvalue weighted by Crippen LogP contribution is 2.11. The predicted molar refractivity (Wildman–Crippen MR) is 75.1 cm³/mol. The fourth-order valence-corrected chi connectivity index (χ4v) is 2.58. The molecule has 0 bridgehead atoms. The van der Waals surface area contributed by atoms with Crippen LogP contribution in [-0.4, -0.2) is 53.6 Å². The van der Waals surface area contributed by atoms with E-state index in [2.05, 4.69) is 14.9 Å². The van der Waals surface area contributed by atoms with E-state index in [4.69, 9.17) is 10.5 Å². The maximum absolute atomic E-state index is 13.2. The molecule has 1 aromatic heterocycles. The van der Waals surface area contributed by atoms with Crippen molar-refractivity contribution in [2.24, 2.45) is 10.7 Å². The lowest BCUT2D eigenvalue weighted by atomic mass is 10.5. The largest absolute Gasteiger partial charge is 0.474 e. The van der Waals surface area contributed by atoms with Crippen molar-refractivity contribution in [1.29, 1.82) is 0 Å². The molecule has 0 radical (unpaired) electrons. The van der Waals surface area contributed by atoms with Crippen LogP contribution in [-0.2, 0) is 0 Å². The van der Waals surface area contributed by atoms with Crippen LogP contribution in [0.4, 0.5) is 4.39 Å². The summed E-state index contributed by atoms with van der Waals surface area (Å²) in [6.45, 7) is 2.51. The molecule has 104 valence electrons. The Balaban J connectivity index is 1.75. The third-order valence-electron chi connectivity index (χ3n) is 2.66. The molecular formula is C12H17FN4OS. The number of guanidine groups is 1. The van der Waals surface area contributed by atoms with Crippen LogP contribution in [0.3, 0.4) is 0 Å². The number of halogens is 1. The topological polar surface area (TPSA) is 63.7 Å². The Hall–Kier alpha value is -1.50. The first-order valence-electron chi connectivity index (χ1n) is 6.13. The smallest absolute Gasteiger partial charge is 0.250 e. The quantitative estimate of drug-likeness (QED) is 0.507. The second kappa shape index (κ2) is 7.18. The Morgan fingerprint density at radius 1 is 1.53 bits per heavy atom. The number of hydrogen-bond donors (Lipinski definition) is 1. The first-order valence-corrected chi connectivity index (χ1v) is 7.29. The monoisotopic (exact) mass is 284 g/mol. The van der Waals surface area contributed by atoms with Crippen LogP contribution in [0.15, 0.2) is 23.3 Å². The van der Waals surface area contributed by atoms with Gasteiger partial charge in [0.05, 0.1) is 6.54 Å². The van der Waals surface area contributed by atoms with Gasteiger partial charge >= 0.3 is 0 Å². The first kappa shape index (κ1) is 13.9. The average molecular weight is 284 g/mol. The lowest BCUT2D eigenvalue weighted by Crippen LogP contribution is -2.42. The number of aromatic nitrogens is 1. The zero-order valence-electron chi connectivity index (χ0n) is 10.6. The van der Waals surface area contributed by atoms with Crippen molar-refractivity contribution in [2.75, 3.05) is 37.7 Å². The molecule has 1 saturated heterocycles. The minimum atomic E-state index is -0.465. The van der Waals surface area contributed by atoms with Gasteiger partial charge in [0, 0.05) is 30.8 Å². The van der Waals surface area contributed by atoms with E-state index in [-0.39, 0.29) is 12.5 Å². The van der Waals surface area contributed by atoms with Crippen molar-refractivity contribution in [3.63, 3.8) is 0 Å². The highest BCUT2D eigenvalue weighted by atomic mass is 32.2. The molecule has 0 amide bonds. The van der Waals surface area contributed by atoms with Gasteiger partial charge in [-0.25, -0.2) is 14.4 Å². The minimum absolute atomic E-state index is 0.00523. The van der Waals surface area contributed by atoms with Gasteiger partial charge in [0.1, 0.15) is 6.61 Å². The molecule has 5 nitrogen and oxygen atoms in total. The van der Waals surface area contributed by atoms with Gasteiger partial charge in [-0.1, -0.05) is 0 Å². The number of pyridine rings is 1. The van der Waals surface area contributed by atoms with E-state index in [9.17, 15) is 4.39 Å². The van der Waals surface area contributed by atoms with E-state index in [0.29, 0.717) is 12.5 Å². The Morgan fingerprint density at radius 2 is 2.32 bits per heavy atom. The Kier molecular flexibility index (Phi) is 5.26. The van der Waals surface area contributed by atoms with E-state index < -0.39 is 5.82 Å². The van der Waals surface area contributed by atoms with Crippen LogP contribution in [0.5, 0.6) is 5.88 Å². The molecule has 1 aromatic rings. The Labute approximate surface area is 116 Å². The zero-order valence-corrected chi connectivity index (χ0v) is 11.4. The number of rotatable bonds is 4. The molecule has 2 rings (SSSR count). The standard InChI is InChI=1S/C12H17FN4OS/c13-10-2-1-3-15-11(10)18-7-4-16-12(14)17-5-8-19-9-6-17/h1-3H,4-9H2,(H2,14,16). The van der Waals surface area contributed by atoms with E-state index in [0.717, 1.165) is 24.6 Å². The average Bonchev–Trinajstić information content (AvgIpc) is 2.46. The third-order valence-corrected chi connectivity index (χ3v) is 3.61. The summed E-state index contributed by atoms with van der Waals surface area (Å²) in [5.41, 5.74) is 5.88. The van der Waals surface area contributed by atoms with E-state index >= 15 is 0 Å². The van der Waals surface area contributed by atoms with Gasteiger partial charge in [0.25, 0.3) is 0 Å². The van der Waals surface area contributed by atoms with Crippen molar-refractivity contribution < 1.29 is 9.13 Å². The lowest BCUT2D eigenvalue weighted by molar-refractivity contribution is 0.297. The molecule has 1 fully saturated rings. The molecule has 0 saturated carbocycles. The number of hydrogen-bond acceptors (Lipinski definition) is 4. The second-order valence-electron chi connectivity index (χ2n) is 3.98. The van der Waals surface area contributed by atoms with Crippen LogP contribution in [0.2, 0.25) is 0 Å². The van der Waals surface area contributed by atoms with Gasteiger partial charge in [-0.3, -0.25) is 0 Å². The fraction of sp³-hybridized carbons (Fsp3) is 0.500. The Morgan fingerprint density at radius 3 is 3.05 bits per heavy atom. The molecule has 2 heterocycles. The molecule has 1 aliphatic rings. The van der Waals surface area contributed by atoms with Crippen LogP contribution in [0, 0.1) is 5.82 Å². The summed E-state index contributed by atoms with van der Waals surface area (Å²) in [7, 11) is 0. The summed E-state index contributed by atoms with van der Waals surface area (Å²) >= 11 is 1.92. The van der Waals surface area contributed by atoms with Crippen LogP contribution in [0.1, 0.15) is 0 Å². The molecule has 0 atom stereocenters. The van der Waals surface area contributed by atoms with Crippen LogP contribution in [0.25, 0.3) is 0 Å². The minimum Gasteiger partial charge on any atom is -0.474 e. The van der Waals surface area contributed by atoms with Gasteiger partial charge in [0.15, 0.2) is 11.8 Å². The normalized spacial score (nSPS) is 16.5. The van der Waals surface area contributed by atoms with Gasteiger partial charge in [-0.15, -0.1) is 0 Å². The Bertz CT molecular complexity index is 437. The second-order valence-corrected chi connectivity index (χ2v) is 5.20. The summed E-state index contributed by atoms with van der Waals surface area (Å²) in [5.74, 6) is 2.22. The van der Waals surface area contributed by atoms with Gasteiger partial charge in [0.2, 0.25) is 5.88 Å². The van der Waals surface area contributed by atoms with Crippen molar-refractivity contribution in [1.82, 2.24) is 9.88 Å². The summed E-state index contributed by atoms with van der Waals surface area (Å²) in [5, 5.41) is 0. The highest BCUT2D eigenvalue weighted by Gasteiger charge is 2.11. The van der Waals surface area contributed by atoms with Crippen molar-refractivity contribution in [3.8, 4) is 5.88 Å². The maximum atomic E-state index is 13.2. The van der Waals surface area contributed by atoms with E-state index in [1.54, 1.807) is 0 Å². The first-order chi connectivity index (χ1) is 9.27. The molecule has 2 N–H and O–H groups in total. The van der Waals surface area contributed by atoms with Crippen molar-refractivity contribution in [3.05, 3.63) is 24.1 Å². The summed E-state index contributed by atoms with van der Waals surface area (Å²) in [6.07, 6.45) is 1.49. The summed E-state index contributed by atoms with van der Waals surface area (Å²) in [4.78, 5) is 10.1. The van der Waals surface area contributed by atoms with Gasteiger partial charge < -0.3 is 15.4 Å². The van der Waals surface area contributed by atoms with Gasteiger partial charge in [-0.2, -0.15) is 11.8 Å². The van der Waals surface area contributed by atoms with E-state index in [1.807, 2.05) is 11.8 Å². The maximum Gasteiger partial charge on any atom is 0.250 e.